The molecule has 0 aromatic heterocycles. The Hall–Kier alpha value is -2.89. The van der Waals surface area contributed by atoms with Crippen molar-refractivity contribution in [3.8, 4) is 0 Å². The van der Waals surface area contributed by atoms with E-state index in [1.807, 2.05) is 25.1 Å². The Bertz CT molecular complexity index is 924. The first kappa shape index (κ1) is 20.8. The number of carbonyl (C=O) groups excluding carboxylic acids is 1. The van der Waals surface area contributed by atoms with Gasteiger partial charge in [-0.1, -0.05) is 39.0 Å². The van der Waals surface area contributed by atoms with E-state index in [4.69, 9.17) is 0 Å². The van der Waals surface area contributed by atoms with Gasteiger partial charge in [-0.3, -0.25) is 14.9 Å². The molecule has 0 unspecified atom stereocenters. The molecular formula is C23H29N3O3. The fraction of sp³-hybridized carbons (Fsp3) is 0.435. The number of amides is 1. The number of aryl methyl sites for hydroxylation is 1. The third-order valence-electron chi connectivity index (χ3n) is 5.60. The van der Waals surface area contributed by atoms with Crippen LogP contribution in [0.4, 0.5) is 17.1 Å². The van der Waals surface area contributed by atoms with Crippen molar-refractivity contribution in [2.45, 2.75) is 46.5 Å². The van der Waals surface area contributed by atoms with Gasteiger partial charge in [0.1, 0.15) is 5.69 Å². The zero-order chi connectivity index (χ0) is 21.1. The normalized spacial score (nSPS) is 16.7. The van der Waals surface area contributed by atoms with Gasteiger partial charge >= 0.3 is 0 Å². The van der Waals surface area contributed by atoms with Gasteiger partial charge in [-0.25, -0.2) is 0 Å². The molecular weight excluding hydrogens is 366 g/mol. The van der Waals surface area contributed by atoms with E-state index in [0.717, 1.165) is 42.7 Å². The molecule has 154 valence electrons. The zero-order valence-electron chi connectivity index (χ0n) is 17.6. The first-order valence-corrected chi connectivity index (χ1v) is 10.2. The lowest BCUT2D eigenvalue weighted by atomic mass is 9.97. The Labute approximate surface area is 172 Å². The number of carbonyl (C=O) groups is 1. The fourth-order valence-electron chi connectivity index (χ4n) is 4.01. The van der Waals surface area contributed by atoms with E-state index in [-0.39, 0.29) is 17.5 Å². The first-order valence-electron chi connectivity index (χ1n) is 10.2. The lowest BCUT2D eigenvalue weighted by Gasteiger charge is -2.32. The summed E-state index contributed by atoms with van der Waals surface area (Å²) in [5.74, 6) is 0.424. The molecule has 1 aliphatic rings. The molecule has 1 atom stereocenters. The maximum absolute atomic E-state index is 12.9. The average molecular weight is 396 g/mol. The minimum absolute atomic E-state index is 0.0133. The summed E-state index contributed by atoms with van der Waals surface area (Å²) in [7, 11) is 0. The van der Waals surface area contributed by atoms with Gasteiger partial charge in [-0.15, -0.1) is 0 Å². The summed E-state index contributed by atoms with van der Waals surface area (Å²) in [5, 5.41) is 14.7. The van der Waals surface area contributed by atoms with Crippen molar-refractivity contribution in [1.29, 1.82) is 0 Å². The molecule has 6 nitrogen and oxygen atoms in total. The van der Waals surface area contributed by atoms with Crippen molar-refractivity contribution in [2.24, 2.45) is 5.92 Å². The number of hydrogen-bond donors (Lipinski definition) is 1. The summed E-state index contributed by atoms with van der Waals surface area (Å²) in [4.78, 5) is 26.3. The number of nitro benzene ring substituents is 1. The van der Waals surface area contributed by atoms with Gasteiger partial charge in [0, 0.05) is 30.4 Å². The predicted molar refractivity (Wildman–Crippen MR) is 117 cm³/mol. The molecule has 0 saturated carbocycles. The number of hydrogen-bond acceptors (Lipinski definition) is 4. The van der Waals surface area contributed by atoms with Crippen LogP contribution in [0.5, 0.6) is 0 Å². The van der Waals surface area contributed by atoms with Gasteiger partial charge in [0.2, 0.25) is 0 Å². The lowest BCUT2D eigenvalue weighted by molar-refractivity contribution is -0.384. The number of nitrogens with zero attached hydrogens (tertiary/aromatic N) is 2. The second-order valence-electron chi connectivity index (χ2n) is 8.30. The second-order valence-corrected chi connectivity index (χ2v) is 8.30. The molecule has 0 bridgehead atoms. The number of benzene rings is 2. The molecule has 1 saturated heterocycles. The van der Waals surface area contributed by atoms with Crippen molar-refractivity contribution < 1.29 is 9.72 Å². The minimum atomic E-state index is -0.390. The average Bonchev–Trinajstić information content (AvgIpc) is 2.68. The maximum atomic E-state index is 12.9. The molecule has 2 aromatic carbocycles. The van der Waals surface area contributed by atoms with Crippen molar-refractivity contribution in [2.75, 3.05) is 23.3 Å². The van der Waals surface area contributed by atoms with Crippen molar-refractivity contribution in [3.05, 3.63) is 63.2 Å². The standard InChI is InChI=1S/C23H29N3O3/c1-15(2)19-9-5-8-17(4)22(19)24-23(27)18-10-11-20(21(13-18)26(28)29)25-12-6-7-16(3)14-25/h5,8-11,13,15-16H,6-7,12,14H2,1-4H3,(H,24,27)/t16-/m1/s1. The summed E-state index contributed by atoms with van der Waals surface area (Å²) in [6, 6.07) is 10.7. The second kappa shape index (κ2) is 8.64. The molecule has 1 N–H and O–H groups in total. The van der Waals surface area contributed by atoms with E-state index >= 15 is 0 Å². The van der Waals surface area contributed by atoms with Crippen LogP contribution >= 0.6 is 0 Å². The molecule has 1 heterocycles. The molecule has 1 aliphatic heterocycles. The van der Waals surface area contributed by atoms with Crippen LogP contribution < -0.4 is 10.2 Å². The number of nitro groups is 1. The van der Waals surface area contributed by atoms with Crippen LogP contribution in [0.3, 0.4) is 0 Å². The van der Waals surface area contributed by atoms with Crippen LogP contribution in [-0.2, 0) is 0 Å². The van der Waals surface area contributed by atoms with E-state index in [1.165, 1.54) is 6.07 Å². The van der Waals surface area contributed by atoms with E-state index in [0.29, 0.717) is 17.2 Å². The Morgan fingerprint density at radius 1 is 1.28 bits per heavy atom. The van der Waals surface area contributed by atoms with Crippen LogP contribution in [0.1, 0.15) is 61.0 Å². The SMILES string of the molecule is Cc1cccc(C(C)C)c1NC(=O)c1ccc(N2CCC[C@@H](C)C2)c([N+](=O)[O-])c1. The molecule has 6 heteroatoms. The van der Waals surface area contributed by atoms with Crippen molar-refractivity contribution >= 4 is 23.0 Å². The number of anilines is 2. The third kappa shape index (κ3) is 4.58. The molecule has 29 heavy (non-hydrogen) atoms. The quantitative estimate of drug-likeness (QED) is 0.534. The van der Waals surface area contributed by atoms with Crippen molar-refractivity contribution in [3.63, 3.8) is 0 Å². The number of para-hydroxylation sites is 1. The lowest BCUT2D eigenvalue weighted by Crippen LogP contribution is -2.34. The van der Waals surface area contributed by atoms with E-state index in [9.17, 15) is 14.9 Å². The van der Waals surface area contributed by atoms with Crippen molar-refractivity contribution in [1.82, 2.24) is 0 Å². The summed E-state index contributed by atoms with van der Waals surface area (Å²) < 4.78 is 0. The largest absolute Gasteiger partial charge is 0.366 e. The molecule has 1 fully saturated rings. The topological polar surface area (TPSA) is 75.5 Å². The van der Waals surface area contributed by atoms with Gasteiger partial charge in [0.05, 0.1) is 4.92 Å². The van der Waals surface area contributed by atoms with Gasteiger partial charge in [-0.2, -0.15) is 0 Å². The molecule has 1 amide bonds. The summed E-state index contributed by atoms with van der Waals surface area (Å²) in [5.41, 5.74) is 3.68. The maximum Gasteiger partial charge on any atom is 0.293 e. The monoisotopic (exact) mass is 395 g/mol. The van der Waals surface area contributed by atoms with Crippen LogP contribution in [0.15, 0.2) is 36.4 Å². The molecule has 2 aromatic rings. The summed E-state index contributed by atoms with van der Waals surface area (Å²) >= 11 is 0. The highest BCUT2D eigenvalue weighted by atomic mass is 16.6. The Morgan fingerprint density at radius 2 is 2.03 bits per heavy atom. The van der Waals surface area contributed by atoms with Crippen LogP contribution in [0.2, 0.25) is 0 Å². The highest BCUT2D eigenvalue weighted by molar-refractivity contribution is 6.06. The summed E-state index contributed by atoms with van der Waals surface area (Å²) in [6.07, 6.45) is 2.16. The van der Waals surface area contributed by atoms with E-state index in [1.54, 1.807) is 12.1 Å². The number of rotatable bonds is 5. The van der Waals surface area contributed by atoms with E-state index in [2.05, 4.69) is 31.0 Å². The molecule has 0 radical (unpaired) electrons. The smallest absolute Gasteiger partial charge is 0.293 e. The Balaban J connectivity index is 1.91. The van der Waals surface area contributed by atoms with Gasteiger partial charge in [-0.05, 0) is 54.9 Å². The molecule has 0 spiro atoms. The first-order chi connectivity index (χ1) is 13.8. The highest BCUT2D eigenvalue weighted by Crippen LogP contribution is 2.33. The molecule has 0 aliphatic carbocycles. The number of nitrogens with one attached hydrogen (secondary N) is 1. The fourth-order valence-corrected chi connectivity index (χ4v) is 4.01. The van der Waals surface area contributed by atoms with Gasteiger partial charge in [0.15, 0.2) is 0 Å². The van der Waals surface area contributed by atoms with Crippen LogP contribution in [0, 0.1) is 23.0 Å². The van der Waals surface area contributed by atoms with Crippen LogP contribution in [0.25, 0.3) is 0 Å². The Morgan fingerprint density at radius 3 is 2.69 bits per heavy atom. The van der Waals surface area contributed by atoms with Gasteiger partial charge < -0.3 is 10.2 Å². The Kier molecular flexibility index (Phi) is 6.20. The predicted octanol–water partition coefficient (Wildman–Crippen LogP) is 5.52. The minimum Gasteiger partial charge on any atom is -0.366 e. The zero-order valence-corrected chi connectivity index (χ0v) is 17.6. The molecule has 3 rings (SSSR count). The van der Waals surface area contributed by atoms with E-state index < -0.39 is 4.92 Å². The van der Waals surface area contributed by atoms with Gasteiger partial charge in [0.25, 0.3) is 11.6 Å². The highest BCUT2D eigenvalue weighted by Gasteiger charge is 2.25. The number of piperidine rings is 1. The third-order valence-corrected chi connectivity index (χ3v) is 5.60. The van der Waals surface area contributed by atoms with Crippen LogP contribution in [-0.4, -0.2) is 23.9 Å². The summed E-state index contributed by atoms with van der Waals surface area (Å²) in [6.45, 7) is 9.86.